The Kier molecular flexibility index (Phi) is 7.84. The Morgan fingerprint density at radius 1 is 0.939 bits per heavy atom. The first-order chi connectivity index (χ1) is 16.1. The van der Waals surface area contributed by atoms with Crippen LogP contribution in [-0.4, -0.2) is 28.0 Å². The smallest absolute Gasteiger partial charge is 0.143 e. The molecule has 0 saturated heterocycles. The fraction of sp³-hybridized carbons (Fsp3) is 0.393. The third kappa shape index (κ3) is 6.26. The average molecular weight is 445 g/mol. The minimum atomic E-state index is 0.0220. The van der Waals surface area contributed by atoms with Crippen molar-refractivity contribution in [2.75, 3.05) is 7.11 Å². The van der Waals surface area contributed by atoms with Gasteiger partial charge in [-0.3, -0.25) is 9.78 Å². The highest BCUT2D eigenvalue weighted by Crippen LogP contribution is 2.28. The summed E-state index contributed by atoms with van der Waals surface area (Å²) in [5.74, 6) is 1.53. The predicted octanol–water partition coefficient (Wildman–Crippen LogP) is 5.12. The van der Waals surface area contributed by atoms with Gasteiger partial charge in [0.25, 0.3) is 0 Å². The number of ketones is 1. The molecule has 4 rings (SSSR count). The van der Waals surface area contributed by atoms with Crippen molar-refractivity contribution in [2.24, 2.45) is 5.92 Å². The number of carbonyl (C=O) groups excluding carboxylic acids is 1. The number of ether oxygens (including phenoxy) is 1. The molecule has 0 unspecified atom stereocenters. The molecule has 33 heavy (non-hydrogen) atoms. The molecular formula is C28H32N2O3. The van der Waals surface area contributed by atoms with Crippen molar-refractivity contribution < 1.29 is 14.6 Å². The molecule has 1 aromatic heterocycles. The average Bonchev–Trinajstić information content (AvgIpc) is 2.86. The van der Waals surface area contributed by atoms with Gasteiger partial charge in [0, 0.05) is 12.0 Å². The summed E-state index contributed by atoms with van der Waals surface area (Å²) in [5, 5.41) is 9.31. The number of benzene rings is 2. The van der Waals surface area contributed by atoms with Crippen LogP contribution in [0.1, 0.15) is 54.6 Å². The van der Waals surface area contributed by atoms with Gasteiger partial charge in [-0.1, -0.05) is 68.5 Å². The Morgan fingerprint density at radius 2 is 1.64 bits per heavy atom. The third-order valence-corrected chi connectivity index (χ3v) is 6.50. The molecule has 1 aliphatic rings. The van der Waals surface area contributed by atoms with Gasteiger partial charge in [-0.2, -0.15) is 0 Å². The Bertz CT molecular complexity index is 1060. The van der Waals surface area contributed by atoms with E-state index >= 15 is 0 Å². The largest absolute Gasteiger partial charge is 0.497 e. The topological polar surface area (TPSA) is 72.3 Å². The first-order valence-electron chi connectivity index (χ1n) is 11.8. The SMILES string of the molecule is COc1ccc(CC(=O)Cc2ncc(-c3ccc(CO)cc3)nc2CC2CCCCC2)cc1. The number of methoxy groups -OCH3 is 1. The van der Waals surface area contributed by atoms with Gasteiger partial charge in [-0.15, -0.1) is 0 Å². The summed E-state index contributed by atoms with van der Waals surface area (Å²) in [6.07, 6.45) is 9.61. The summed E-state index contributed by atoms with van der Waals surface area (Å²) in [4.78, 5) is 22.6. The number of hydrogen-bond acceptors (Lipinski definition) is 5. The van der Waals surface area contributed by atoms with E-state index in [0.29, 0.717) is 18.8 Å². The fourth-order valence-electron chi connectivity index (χ4n) is 4.57. The lowest BCUT2D eigenvalue weighted by molar-refractivity contribution is -0.117. The normalized spacial score (nSPS) is 14.2. The molecule has 1 fully saturated rings. The number of Topliss-reactive ketones (excluding diaryl/α,β-unsaturated/α-hetero) is 1. The zero-order chi connectivity index (χ0) is 23.0. The van der Waals surface area contributed by atoms with Crippen LogP contribution < -0.4 is 4.74 Å². The van der Waals surface area contributed by atoms with Crippen molar-refractivity contribution in [3.05, 3.63) is 77.2 Å². The van der Waals surface area contributed by atoms with Crippen LogP contribution in [0.25, 0.3) is 11.3 Å². The Labute approximate surface area is 195 Å². The van der Waals surface area contributed by atoms with Crippen LogP contribution in [0.5, 0.6) is 5.75 Å². The van der Waals surface area contributed by atoms with E-state index in [4.69, 9.17) is 14.7 Å². The van der Waals surface area contributed by atoms with Crippen LogP contribution in [0.2, 0.25) is 0 Å². The van der Waals surface area contributed by atoms with Crippen LogP contribution >= 0.6 is 0 Å². The summed E-state index contributed by atoms with van der Waals surface area (Å²) in [6.45, 7) is 0.0220. The van der Waals surface area contributed by atoms with E-state index in [-0.39, 0.29) is 12.4 Å². The highest BCUT2D eigenvalue weighted by molar-refractivity contribution is 5.83. The molecule has 3 aromatic rings. The van der Waals surface area contributed by atoms with Crippen LogP contribution in [0.4, 0.5) is 0 Å². The highest BCUT2D eigenvalue weighted by atomic mass is 16.5. The van der Waals surface area contributed by atoms with Gasteiger partial charge in [0.15, 0.2) is 0 Å². The monoisotopic (exact) mass is 444 g/mol. The van der Waals surface area contributed by atoms with Crippen molar-refractivity contribution in [2.45, 2.75) is 58.0 Å². The van der Waals surface area contributed by atoms with Gasteiger partial charge in [-0.05, 0) is 35.6 Å². The van der Waals surface area contributed by atoms with E-state index in [1.54, 1.807) is 13.3 Å². The lowest BCUT2D eigenvalue weighted by Crippen LogP contribution is -2.16. The summed E-state index contributed by atoms with van der Waals surface area (Å²) >= 11 is 0. The number of carbonyl (C=O) groups is 1. The Morgan fingerprint density at radius 3 is 2.30 bits per heavy atom. The van der Waals surface area contributed by atoms with Gasteiger partial charge < -0.3 is 9.84 Å². The molecule has 0 atom stereocenters. The van der Waals surface area contributed by atoms with Crippen molar-refractivity contribution in [3.8, 4) is 17.0 Å². The zero-order valence-electron chi connectivity index (χ0n) is 19.3. The van der Waals surface area contributed by atoms with Gasteiger partial charge in [0.2, 0.25) is 0 Å². The van der Waals surface area contributed by atoms with Gasteiger partial charge >= 0.3 is 0 Å². The molecule has 0 radical (unpaired) electrons. The summed E-state index contributed by atoms with van der Waals surface area (Å²) in [6, 6.07) is 15.4. The third-order valence-electron chi connectivity index (χ3n) is 6.50. The summed E-state index contributed by atoms with van der Waals surface area (Å²) in [7, 11) is 1.64. The van der Waals surface area contributed by atoms with Crippen molar-refractivity contribution in [1.29, 1.82) is 0 Å². The predicted molar refractivity (Wildman–Crippen MR) is 129 cm³/mol. The van der Waals surface area contributed by atoms with E-state index in [1.807, 2.05) is 48.5 Å². The van der Waals surface area contributed by atoms with Crippen molar-refractivity contribution >= 4 is 5.78 Å². The Hall–Kier alpha value is -3.05. The maximum Gasteiger partial charge on any atom is 0.143 e. The zero-order valence-corrected chi connectivity index (χ0v) is 19.3. The van der Waals surface area contributed by atoms with E-state index in [0.717, 1.165) is 45.9 Å². The molecule has 1 saturated carbocycles. The molecule has 0 spiro atoms. The summed E-state index contributed by atoms with van der Waals surface area (Å²) in [5.41, 5.74) is 5.39. The number of nitrogens with zero attached hydrogens (tertiary/aromatic N) is 2. The molecule has 0 aliphatic heterocycles. The molecule has 1 N–H and O–H groups in total. The fourth-order valence-corrected chi connectivity index (χ4v) is 4.57. The molecule has 0 bridgehead atoms. The van der Waals surface area contributed by atoms with Crippen LogP contribution in [-0.2, 0) is 30.7 Å². The number of aliphatic hydroxyl groups is 1. The van der Waals surface area contributed by atoms with Crippen molar-refractivity contribution in [1.82, 2.24) is 9.97 Å². The van der Waals surface area contributed by atoms with Crippen LogP contribution in [0.15, 0.2) is 54.7 Å². The number of aliphatic hydroxyl groups excluding tert-OH is 1. The first-order valence-corrected chi connectivity index (χ1v) is 11.8. The van der Waals surface area contributed by atoms with Crippen LogP contribution in [0.3, 0.4) is 0 Å². The quantitative estimate of drug-likeness (QED) is 0.496. The maximum atomic E-state index is 12.9. The maximum absolute atomic E-state index is 12.9. The number of aromatic nitrogens is 2. The summed E-state index contributed by atoms with van der Waals surface area (Å²) < 4.78 is 5.20. The van der Waals surface area contributed by atoms with E-state index in [2.05, 4.69) is 0 Å². The molecule has 172 valence electrons. The van der Waals surface area contributed by atoms with Gasteiger partial charge in [-0.25, -0.2) is 4.98 Å². The lowest BCUT2D eigenvalue weighted by atomic mass is 9.85. The lowest BCUT2D eigenvalue weighted by Gasteiger charge is -2.22. The Balaban J connectivity index is 1.54. The molecule has 2 aromatic carbocycles. The number of rotatable bonds is 9. The van der Waals surface area contributed by atoms with Gasteiger partial charge in [0.05, 0.1) is 43.4 Å². The minimum absolute atomic E-state index is 0.0220. The molecule has 1 aliphatic carbocycles. The van der Waals surface area contributed by atoms with Crippen LogP contribution in [0, 0.1) is 5.92 Å². The van der Waals surface area contributed by atoms with E-state index in [9.17, 15) is 9.90 Å². The second-order valence-electron chi connectivity index (χ2n) is 8.95. The second-order valence-corrected chi connectivity index (χ2v) is 8.95. The first kappa shape index (κ1) is 23.1. The van der Waals surface area contributed by atoms with Gasteiger partial charge in [0.1, 0.15) is 11.5 Å². The second kappa shape index (κ2) is 11.2. The van der Waals surface area contributed by atoms with E-state index < -0.39 is 0 Å². The molecular weight excluding hydrogens is 412 g/mol. The number of hydrogen-bond donors (Lipinski definition) is 1. The molecule has 5 nitrogen and oxygen atoms in total. The molecule has 5 heteroatoms. The molecule has 1 heterocycles. The van der Waals surface area contributed by atoms with E-state index in [1.165, 1.54) is 32.1 Å². The standard InChI is InChI=1S/C28H32N2O3/c1-33-25-13-9-21(10-14-25)15-24(32)17-26-27(16-20-5-3-2-4-6-20)30-28(18-29-26)23-11-7-22(19-31)8-12-23/h7-14,18,20,31H,2-6,15-17,19H2,1H3. The highest BCUT2D eigenvalue weighted by Gasteiger charge is 2.19. The molecule has 0 amide bonds. The van der Waals surface area contributed by atoms with Crippen molar-refractivity contribution in [3.63, 3.8) is 0 Å². The minimum Gasteiger partial charge on any atom is -0.497 e.